The first-order valence-corrected chi connectivity index (χ1v) is 4.16. The lowest BCUT2D eigenvalue weighted by Gasteiger charge is -2.00. The maximum atomic E-state index is 11.2. The minimum absolute atomic E-state index is 0.0706. The topological polar surface area (TPSA) is 61.2 Å². The van der Waals surface area contributed by atoms with E-state index in [1.807, 2.05) is 0 Å². The quantitative estimate of drug-likeness (QED) is 0.572. The standard InChI is InChI=1S/C7H7BrN2O3/c1-10-5(6(12)13-2)4(3-11)9-7(10)8/h3H,1-2H3. The number of methoxy groups -OCH3 is 1. The van der Waals surface area contributed by atoms with Gasteiger partial charge < -0.3 is 9.30 Å². The number of esters is 1. The first-order chi connectivity index (χ1) is 6.11. The molecule has 1 aromatic heterocycles. The number of carbonyl (C=O) groups is 2. The van der Waals surface area contributed by atoms with Crippen molar-refractivity contribution in [3.63, 3.8) is 0 Å². The van der Waals surface area contributed by atoms with Crippen LogP contribution in [-0.4, -0.2) is 28.9 Å². The number of carbonyl (C=O) groups excluding carboxylic acids is 2. The summed E-state index contributed by atoms with van der Waals surface area (Å²) in [5.74, 6) is -0.581. The Balaban J connectivity index is 3.31. The summed E-state index contributed by atoms with van der Waals surface area (Å²) < 4.78 is 6.35. The molecule has 70 valence electrons. The van der Waals surface area contributed by atoms with E-state index in [9.17, 15) is 9.59 Å². The van der Waals surface area contributed by atoms with Gasteiger partial charge in [0.15, 0.2) is 16.7 Å². The fourth-order valence-electron chi connectivity index (χ4n) is 0.912. The summed E-state index contributed by atoms with van der Waals surface area (Å²) in [6, 6.07) is 0. The second kappa shape index (κ2) is 3.69. The highest BCUT2D eigenvalue weighted by Crippen LogP contribution is 2.14. The van der Waals surface area contributed by atoms with Crippen molar-refractivity contribution in [3.05, 3.63) is 16.1 Å². The van der Waals surface area contributed by atoms with E-state index in [4.69, 9.17) is 0 Å². The van der Waals surface area contributed by atoms with E-state index >= 15 is 0 Å². The molecule has 0 unspecified atom stereocenters. The molecule has 0 aliphatic rings. The molecule has 1 rings (SSSR count). The second-order valence-electron chi connectivity index (χ2n) is 2.28. The van der Waals surface area contributed by atoms with Crippen LogP contribution in [0.2, 0.25) is 0 Å². The lowest BCUT2D eigenvalue weighted by molar-refractivity contribution is 0.0587. The molecule has 0 N–H and O–H groups in total. The van der Waals surface area contributed by atoms with Crippen LogP contribution >= 0.6 is 15.9 Å². The van der Waals surface area contributed by atoms with Gasteiger partial charge in [-0.15, -0.1) is 0 Å². The molecule has 0 aliphatic heterocycles. The molecule has 0 amide bonds. The van der Waals surface area contributed by atoms with Crippen LogP contribution < -0.4 is 0 Å². The predicted molar refractivity (Wildman–Crippen MR) is 47.6 cm³/mol. The minimum atomic E-state index is -0.581. The number of aldehydes is 1. The molecule has 0 spiro atoms. The molecule has 0 atom stereocenters. The molecule has 0 saturated carbocycles. The number of halogens is 1. The SMILES string of the molecule is COC(=O)c1c(C=O)nc(Br)n1C. The Morgan fingerprint density at radius 3 is 2.77 bits per heavy atom. The van der Waals surface area contributed by atoms with Crippen molar-refractivity contribution in [1.29, 1.82) is 0 Å². The van der Waals surface area contributed by atoms with Crippen molar-refractivity contribution in [2.24, 2.45) is 7.05 Å². The van der Waals surface area contributed by atoms with Crippen molar-refractivity contribution in [2.75, 3.05) is 7.11 Å². The van der Waals surface area contributed by atoms with Gasteiger partial charge in [0.05, 0.1) is 7.11 Å². The van der Waals surface area contributed by atoms with Crippen LogP contribution in [-0.2, 0) is 11.8 Å². The van der Waals surface area contributed by atoms with Crippen LogP contribution in [0.3, 0.4) is 0 Å². The third-order valence-electron chi connectivity index (χ3n) is 1.56. The minimum Gasteiger partial charge on any atom is -0.464 e. The van der Waals surface area contributed by atoms with E-state index < -0.39 is 5.97 Å². The van der Waals surface area contributed by atoms with Gasteiger partial charge in [-0.1, -0.05) is 0 Å². The summed E-state index contributed by atoms with van der Waals surface area (Å²) >= 11 is 3.09. The summed E-state index contributed by atoms with van der Waals surface area (Å²) in [6.07, 6.45) is 0.511. The zero-order valence-electron chi connectivity index (χ0n) is 7.07. The van der Waals surface area contributed by atoms with E-state index in [1.165, 1.54) is 11.7 Å². The fraction of sp³-hybridized carbons (Fsp3) is 0.286. The Kier molecular flexibility index (Phi) is 2.82. The Bertz CT molecular complexity index is 359. The number of imidazole rings is 1. The van der Waals surface area contributed by atoms with Gasteiger partial charge in [-0.25, -0.2) is 9.78 Å². The van der Waals surface area contributed by atoms with Gasteiger partial charge in [-0.3, -0.25) is 4.79 Å². The molecule has 0 aliphatic carbocycles. The average molecular weight is 247 g/mol. The third-order valence-corrected chi connectivity index (χ3v) is 2.27. The normalized spacial score (nSPS) is 9.77. The van der Waals surface area contributed by atoms with Crippen molar-refractivity contribution < 1.29 is 14.3 Å². The van der Waals surface area contributed by atoms with E-state index in [0.717, 1.165) is 0 Å². The van der Waals surface area contributed by atoms with Crippen LogP contribution in [0, 0.1) is 0 Å². The molecule has 0 radical (unpaired) electrons. The van der Waals surface area contributed by atoms with E-state index in [-0.39, 0.29) is 11.4 Å². The fourth-order valence-corrected chi connectivity index (χ4v) is 1.28. The summed E-state index contributed by atoms with van der Waals surface area (Å²) in [6.45, 7) is 0. The highest BCUT2D eigenvalue weighted by atomic mass is 79.9. The van der Waals surface area contributed by atoms with Gasteiger partial charge in [-0.2, -0.15) is 0 Å². The van der Waals surface area contributed by atoms with Crippen molar-refractivity contribution >= 4 is 28.2 Å². The lowest BCUT2D eigenvalue weighted by Crippen LogP contribution is -2.10. The van der Waals surface area contributed by atoms with Crippen LogP contribution in [0.5, 0.6) is 0 Å². The van der Waals surface area contributed by atoms with Gasteiger partial charge in [0, 0.05) is 7.05 Å². The highest BCUT2D eigenvalue weighted by Gasteiger charge is 2.19. The van der Waals surface area contributed by atoms with Gasteiger partial charge in [0.2, 0.25) is 0 Å². The summed E-state index contributed by atoms with van der Waals surface area (Å²) in [5, 5.41) is 0. The third kappa shape index (κ3) is 1.62. The summed E-state index contributed by atoms with van der Waals surface area (Å²) in [4.78, 5) is 25.5. The van der Waals surface area contributed by atoms with Gasteiger partial charge in [0.1, 0.15) is 5.69 Å². The summed E-state index contributed by atoms with van der Waals surface area (Å²) in [7, 11) is 2.86. The largest absolute Gasteiger partial charge is 0.464 e. The Labute approximate surface area is 82.8 Å². The average Bonchev–Trinajstić information content (AvgIpc) is 2.42. The van der Waals surface area contributed by atoms with Gasteiger partial charge >= 0.3 is 5.97 Å². The van der Waals surface area contributed by atoms with E-state index in [2.05, 4.69) is 25.7 Å². The number of aromatic nitrogens is 2. The lowest BCUT2D eigenvalue weighted by atomic mass is 10.3. The predicted octanol–water partition coefficient (Wildman–Crippen LogP) is 0.782. The molecule has 1 heterocycles. The van der Waals surface area contributed by atoms with E-state index in [1.54, 1.807) is 7.05 Å². The molecule has 0 saturated heterocycles. The molecule has 0 bridgehead atoms. The Morgan fingerprint density at radius 1 is 1.69 bits per heavy atom. The van der Waals surface area contributed by atoms with Crippen LogP contribution in [0.4, 0.5) is 0 Å². The maximum Gasteiger partial charge on any atom is 0.357 e. The first-order valence-electron chi connectivity index (χ1n) is 3.37. The van der Waals surface area contributed by atoms with Crippen LogP contribution in [0.25, 0.3) is 0 Å². The molecule has 0 aromatic carbocycles. The van der Waals surface area contributed by atoms with Gasteiger partial charge in [0.25, 0.3) is 0 Å². The zero-order valence-corrected chi connectivity index (χ0v) is 8.66. The summed E-state index contributed by atoms with van der Waals surface area (Å²) in [5.41, 5.74) is 0.214. The highest BCUT2D eigenvalue weighted by molar-refractivity contribution is 9.10. The van der Waals surface area contributed by atoms with Gasteiger partial charge in [-0.05, 0) is 15.9 Å². The van der Waals surface area contributed by atoms with Crippen molar-refractivity contribution in [2.45, 2.75) is 0 Å². The molecule has 1 aromatic rings. The number of rotatable bonds is 2. The Morgan fingerprint density at radius 2 is 2.31 bits per heavy atom. The number of hydrogen-bond acceptors (Lipinski definition) is 4. The molecule has 13 heavy (non-hydrogen) atoms. The smallest absolute Gasteiger partial charge is 0.357 e. The van der Waals surface area contributed by atoms with Crippen LogP contribution in [0.1, 0.15) is 21.0 Å². The van der Waals surface area contributed by atoms with Crippen molar-refractivity contribution in [3.8, 4) is 0 Å². The maximum absolute atomic E-state index is 11.2. The molecule has 6 heteroatoms. The molecule has 5 nitrogen and oxygen atoms in total. The Hall–Kier alpha value is -1.17. The molecular weight excluding hydrogens is 240 g/mol. The van der Waals surface area contributed by atoms with E-state index in [0.29, 0.717) is 11.0 Å². The zero-order chi connectivity index (χ0) is 10.0. The second-order valence-corrected chi connectivity index (χ2v) is 2.99. The first kappa shape index (κ1) is 9.91. The number of ether oxygens (including phenoxy) is 1. The van der Waals surface area contributed by atoms with Crippen LogP contribution in [0.15, 0.2) is 4.73 Å². The van der Waals surface area contributed by atoms with Crippen molar-refractivity contribution in [1.82, 2.24) is 9.55 Å². The molecule has 0 fully saturated rings. The monoisotopic (exact) mass is 246 g/mol. The number of hydrogen-bond donors (Lipinski definition) is 0. The number of nitrogens with zero attached hydrogens (tertiary/aromatic N) is 2. The molecular formula is C7H7BrN2O3.